The van der Waals surface area contributed by atoms with Crippen molar-refractivity contribution in [1.29, 1.82) is 0 Å². The molecule has 0 aliphatic heterocycles. The van der Waals surface area contributed by atoms with E-state index < -0.39 is 8.07 Å². The van der Waals surface area contributed by atoms with Crippen molar-refractivity contribution in [1.82, 2.24) is 0 Å². The maximum Gasteiger partial charge on any atom is 0.0679 e. The Balaban J connectivity index is 0. The second-order valence-corrected chi connectivity index (χ2v) is 8.32. The molecular formula is C7H15Si2. The van der Waals surface area contributed by atoms with Gasteiger partial charge in [-0.1, -0.05) is 19.6 Å². The Morgan fingerprint density at radius 1 is 1.22 bits per heavy atom. The molecule has 51 valence electrons. The Morgan fingerprint density at radius 3 is 1.33 bits per heavy atom. The summed E-state index contributed by atoms with van der Waals surface area (Å²) in [4.78, 5) is 0. The molecule has 0 aromatic carbocycles. The van der Waals surface area contributed by atoms with Crippen LogP contribution in [0.2, 0.25) is 19.6 Å². The molecule has 0 spiro atoms. The second-order valence-electron chi connectivity index (χ2n) is 2.77. The highest BCUT2D eigenvalue weighted by atomic mass is 28.3. The van der Waals surface area contributed by atoms with Gasteiger partial charge in [-0.15, -0.1) is 24.6 Å². The molecule has 0 amide bonds. The molecule has 3 radical (unpaired) electrons. The topological polar surface area (TPSA) is 0 Å². The lowest BCUT2D eigenvalue weighted by atomic mass is 11.3. The van der Waals surface area contributed by atoms with Crippen LogP contribution in [-0.4, -0.2) is 18.3 Å². The lowest BCUT2D eigenvalue weighted by molar-refractivity contribution is 1.78. The molecule has 0 aliphatic carbocycles. The number of hydrogen-bond donors (Lipinski definition) is 0. The smallest absolute Gasteiger partial charge is 0.0679 e. The Bertz CT molecular complexity index is 79.4. The molecule has 0 nitrogen and oxygen atoms in total. The lowest BCUT2D eigenvalue weighted by Crippen LogP contribution is -2.14. The van der Waals surface area contributed by atoms with Crippen molar-refractivity contribution in [3.63, 3.8) is 0 Å². The minimum Gasteiger partial charge on any atom is -0.109 e. The van der Waals surface area contributed by atoms with Crippen molar-refractivity contribution in [3.8, 4) is 0 Å². The van der Waals surface area contributed by atoms with Crippen LogP contribution in [0.5, 0.6) is 0 Å². The summed E-state index contributed by atoms with van der Waals surface area (Å²) in [6.45, 7) is 13.8. The predicted octanol–water partition coefficient (Wildman–Crippen LogP) is 2.35. The van der Waals surface area contributed by atoms with Gasteiger partial charge in [0.2, 0.25) is 0 Å². The van der Waals surface area contributed by atoms with Gasteiger partial charge in [0, 0.05) is 0 Å². The zero-order chi connectivity index (χ0) is 7.91. The van der Waals surface area contributed by atoms with E-state index in [0.717, 1.165) is 0 Å². The van der Waals surface area contributed by atoms with Gasteiger partial charge >= 0.3 is 0 Å². The molecule has 0 aromatic heterocycles. The van der Waals surface area contributed by atoms with Gasteiger partial charge in [-0.05, 0) is 0 Å². The van der Waals surface area contributed by atoms with Crippen LogP contribution in [0.4, 0.5) is 0 Å². The van der Waals surface area contributed by atoms with E-state index in [1.165, 1.54) is 0 Å². The molecule has 0 aromatic rings. The fourth-order valence-corrected chi connectivity index (χ4v) is 0. The lowest BCUT2D eigenvalue weighted by Gasteiger charge is -2.04. The van der Waals surface area contributed by atoms with E-state index in [2.05, 4.69) is 48.7 Å². The van der Waals surface area contributed by atoms with Gasteiger partial charge in [0.15, 0.2) is 0 Å². The van der Waals surface area contributed by atoms with Crippen LogP contribution in [0.15, 0.2) is 24.6 Å². The molecule has 0 unspecified atom stereocenters. The summed E-state index contributed by atoms with van der Waals surface area (Å²) in [6, 6.07) is 0. The van der Waals surface area contributed by atoms with E-state index in [1.807, 2.05) is 0 Å². The van der Waals surface area contributed by atoms with E-state index in [4.69, 9.17) is 0 Å². The van der Waals surface area contributed by atoms with Crippen molar-refractivity contribution in [2.75, 3.05) is 0 Å². The molecule has 0 saturated carbocycles. The first-order chi connectivity index (χ1) is 3.97. The fourth-order valence-electron chi connectivity index (χ4n) is 0. The molecule has 2 heteroatoms. The van der Waals surface area contributed by atoms with Crippen molar-refractivity contribution in [2.24, 2.45) is 0 Å². The Labute approximate surface area is 63.1 Å². The van der Waals surface area contributed by atoms with Crippen LogP contribution in [0, 0.1) is 0 Å². The Hall–Kier alpha value is -0.0862. The summed E-state index contributed by atoms with van der Waals surface area (Å²) in [5.74, 6) is 0. The third-order valence-corrected chi connectivity index (χ3v) is 1.84. The highest BCUT2D eigenvalue weighted by Gasteiger charge is 2.03. The van der Waals surface area contributed by atoms with Crippen molar-refractivity contribution in [3.05, 3.63) is 24.6 Å². The molecule has 0 aliphatic rings. The van der Waals surface area contributed by atoms with Gasteiger partial charge in [-0.3, -0.25) is 0 Å². The minimum absolute atomic E-state index is 0.867. The van der Waals surface area contributed by atoms with Crippen molar-refractivity contribution >= 4 is 18.3 Å². The SMILES string of the molecule is C=C[Si].C=C[Si](C)(C)C. The summed E-state index contributed by atoms with van der Waals surface area (Å²) in [5.41, 5.74) is 3.63. The summed E-state index contributed by atoms with van der Waals surface area (Å²) in [6.07, 6.45) is 0. The fraction of sp³-hybridized carbons (Fsp3) is 0.429. The van der Waals surface area contributed by atoms with Crippen LogP contribution < -0.4 is 0 Å². The first-order valence-electron chi connectivity index (χ1n) is 2.89. The molecule has 0 bridgehead atoms. The molecule has 0 rings (SSSR count). The molecule has 0 atom stereocenters. The van der Waals surface area contributed by atoms with Gasteiger partial charge in [0.1, 0.15) is 0 Å². The average molecular weight is 155 g/mol. The van der Waals surface area contributed by atoms with Crippen molar-refractivity contribution < 1.29 is 0 Å². The van der Waals surface area contributed by atoms with Crippen LogP contribution in [0.25, 0.3) is 0 Å². The van der Waals surface area contributed by atoms with E-state index in [9.17, 15) is 0 Å². The highest BCUT2D eigenvalue weighted by molar-refractivity contribution is 6.80. The number of rotatable bonds is 1. The van der Waals surface area contributed by atoms with Gasteiger partial charge in [0.25, 0.3) is 0 Å². The van der Waals surface area contributed by atoms with Gasteiger partial charge in [0.05, 0.1) is 18.3 Å². The maximum absolute atomic E-state index is 3.69. The molecule has 0 saturated heterocycles. The summed E-state index contributed by atoms with van der Waals surface area (Å²) < 4.78 is 0. The van der Waals surface area contributed by atoms with E-state index >= 15 is 0 Å². The molecule has 9 heavy (non-hydrogen) atoms. The first-order valence-corrected chi connectivity index (χ1v) is 7.05. The van der Waals surface area contributed by atoms with Crippen LogP contribution in [0.1, 0.15) is 0 Å². The predicted molar refractivity (Wildman–Crippen MR) is 49.5 cm³/mol. The zero-order valence-corrected chi connectivity index (χ0v) is 8.57. The average Bonchev–Trinajstić information content (AvgIpc) is 1.67. The van der Waals surface area contributed by atoms with E-state index in [0.29, 0.717) is 0 Å². The second kappa shape index (κ2) is 6.04. The van der Waals surface area contributed by atoms with E-state index in [-0.39, 0.29) is 0 Å². The normalized spacial score (nSPS) is 8.89. The molecule has 0 heterocycles. The van der Waals surface area contributed by atoms with Crippen LogP contribution in [0.3, 0.4) is 0 Å². The van der Waals surface area contributed by atoms with Crippen molar-refractivity contribution in [2.45, 2.75) is 19.6 Å². The van der Waals surface area contributed by atoms with E-state index in [1.54, 1.807) is 5.70 Å². The van der Waals surface area contributed by atoms with Gasteiger partial charge in [-0.25, -0.2) is 0 Å². The Kier molecular flexibility index (Phi) is 7.84. The molecule has 0 N–H and O–H groups in total. The highest BCUT2D eigenvalue weighted by Crippen LogP contribution is 1.98. The minimum atomic E-state index is -0.867. The first kappa shape index (κ1) is 11.7. The third-order valence-electron chi connectivity index (χ3n) is 0.612. The Morgan fingerprint density at radius 2 is 1.33 bits per heavy atom. The summed E-state index contributed by atoms with van der Waals surface area (Å²) >= 11 is 0. The van der Waals surface area contributed by atoms with Crippen LogP contribution >= 0.6 is 0 Å². The third kappa shape index (κ3) is 32.6. The summed E-state index contributed by atoms with van der Waals surface area (Å²) in [7, 11) is 2.08. The standard InChI is InChI=1S/C5H12Si.C2H3Si/c1-5-6(2,3)4;1-2-3/h5H,1H2,2-4H3;2H,1H2. The van der Waals surface area contributed by atoms with Gasteiger partial charge in [-0.2, -0.15) is 0 Å². The van der Waals surface area contributed by atoms with Crippen LogP contribution in [-0.2, 0) is 0 Å². The quantitative estimate of drug-likeness (QED) is 0.510. The van der Waals surface area contributed by atoms with Gasteiger partial charge < -0.3 is 0 Å². The largest absolute Gasteiger partial charge is 0.109 e. The molecule has 0 fully saturated rings. The number of hydrogen-bond acceptors (Lipinski definition) is 0. The zero-order valence-electron chi connectivity index (χ0n) is 6.57. The maximum atomic E-state index is 3.69. The summed E-state index contributed by atoms with van der Waals surface area (Å²) in [5, 5.41) is 0. The monoisotopic (exact) mass is 155 g/mol. The molecular weight excluding hydrogens is 140 g/mol.